The van der Waals surface area contributed by atoms with Gasteiger partial charge in [0.1, 0.15) is 0 Å². The standard InChI is InChI=1S/C27H26N2O/c1-5-20-10-8-9-18(3)25(20)29-27(30)24-19(4)26(21-15-13-17(2)14-16-21)28-23-12-7-6-11-22(23)24/h6-16H,5H2,1-4H3,(H,29,30). The number of benzene rings is 3. The van der Waals surface area contributed by atoms with E-state index >= 15 is 0 Å². The second-order valence-electron chi connectivity index (χ2n) is 7.76. The third-order valence-corrected chi connectivity index (χ3v) is 5.67. The highest BCUT2D eigenvalue weighted by Gasteiger charge is 2.20. The average Bonchev–Trinajstić information content (AvgIpc) is 2.75. The molecule has 0 radical (unpaired) electrons. The molecule has 150 valence electrons. The number of aryl methyl sites for hydroxylation is 3. The van der Waals surface area contributed by atoms with Gasteiger partial charge in [-0.05, 0) is 49.9 Å². The fourth-order valence-electron chi connectivity index (χ4n) is 3.97. The van der Waals surface area contributed by atoms with Gasteiger partial charge in [-0.25, -0.2) is 4.98 Å². The molecule has 0 fully saturated rings. The Hall–Kier alpha value is -3.46. The summed E-state index contributed by atoms with van der Waals surface area (Å²) in [5.41, 5.74) is 8.56. The van der Waals surface area contributed by atoms with Crippen LogP contribution in [0.15, 0.2) is 66.7 Å². The van der Waals surface area contributed by atoms with Crippen LogP contribution in [-0.4, -0.2) is 10.9 Å². The highest BCUT2D eigenvalue weighted by molar-refractivity contribution is 6.14. The minimum absolute atomic E-state index is 0.0940. The van der Waals surface area contributed by atoms with Gasteiger partial charge in [-0.15, -0.1) is 0 Å². The molecule has 4 rings (SSSR count). The van der Waals surface area contributed by atoms with E-state index in [-0.39, 0.29) is 5.91 Å². The van der Waals surface area contributed by atoms with E-state index in [1.165, 1.54) is 5.56 Å². The van der Waals surface area contributed by atoms with Crippen LogP contribution in [0.2, 0.25) is 0 Å². The molecule has 0 saturated heterocycles. The van der Waals surface area contributed by atoms with Crippen molar-refractivity contribution in [1.29, 1.82) is 0 Å². The molecule has 3 heteroatoms. The molecule has 1 heterocycles. The van der Waals surface area contributed by atoms with Gasteiger partial charge in [0, 0.05) is 16.6 Å². The fraction of sp³-hybridized carbons (Fsp3) is 0.185. The molecule has 1 aromatic heterocycles. The molecule has 30 heavy (non-hydrogen) atoms. The smallest absolute Gasteiger partial charge is 0.256 e. The molecule has 1 amide bonds. The van der Waals surface area contributed by atoms with E-state index in [9.17, 15) is 4.79 Å². The topological polar surface area (TPSA) is 42.0 Å². The van der Waals surface area contributed by atoms with Gasteiger partial charge in [0.25, 0.3) is 5.91 Å². The number of rotatable bonds is 4. The van der Waals surface area contributed by atoms with Crippen molar-refractivity contribution in [2.24, 2.45) is 0 Å². The van der Waals surface area contributed by atoms with Crippen LogP contribution in [0, 0.1) is 20.8 Å². The summed E-state index contributed by atoms with van der Waals surface area (Å²) in [6.07, 6.45) is 0.863. The first-order valence-corrected chi connectivity index (χ1v) is 10.4. The Labute approximate surface area is 177 Å². The van der Waals surface area contributed by atoms with E-state index < -0.39 is 0 Å². The summed E-state index contributed by atoms with van der Waals surface area (Å²) in [6.45, 7) is 8.19. The van der Waals surface area contributed by atoms with E-state index in [1.807, 2.05) is 50.2 Å². The monoisotopic (exact) mass is 394 g/mol. The van der Waals surface area contributed by atoms with Gasteiger partial charge in [0.15, 0.2) is 0 Å². The minimum Gasteiger partial charge on any atom is -0.321 e. The summed E-state index contributed by atoms with van der Waals surface area (Å²) in [7, 11) is 0. The molecule has 4 aromatic rings. The van der Waals surface area contributed by atoms with Crippen LogP contribution in [0.25, 0.3) is 22.2 Å². The largest absolute Gasteiger partial charge is 0.321 e. The third-order valence-electron chi connectivity index (χ3n) is 5.67. The quantitative estimate of drug-likeness (QED) is 0.421. The van der Waals surface area contributed by atoms with E-state index in [4.69, 9.17) is 4.98 Å². The summed E-state index contributed by atoms with van der Waals surface area (Å²) < 4.78 is 0. The van der Waals surface area contributed by atoms with Crippen molar-refractivity contribution in [2.75, 3.05) is 5.32 Å². The highest BCUT2D eigenvalue weighted by Crippen LogP contribution is 2.31. The van der Waals surface area contributed by atoms with Crippen molar-refractivity contribution in [3.05, 3.63) is 94.5 Å². The summed E-state index contributed by atoms with van der Waals surface area (Å²) >= 11 is 0. The van der Waals surface area contributed by atoms with E-state index in [0.717, 1.165) is 51.0 Å². The van der Waals surface area contributed by atoms with Gasteiger partial charge in [0.05, 0.1) is 16.8 Å². The Balaban J connectivity index is 1.89. The van der Waals surface area contributed by atoms with E-state index in [0.29, 0.717) is 5.56 Å². The Kier molecular flexibility index (Phi) is 5.37. The molecule has 0 saturated carbocycles. The van der Waals surface area contributed by atoms with Crippen LogP contribution in [0.1, 0.15) is 39.5 Å². The number of para-hydroxylation sites is 2. The van der Waals surface area contributed by atoms with Gasteiger partial charge in [-0.3, -0.25) is 4.79 Å². The van der Waals surface area contributed by atoms with Gasteiger partial charge in [-0.1, -0.05) is 73.2 Å². The number of nitrogens with zero attached hydrogens (tertiary/aromatic N) is 1. The molecule has 0 aliphatic carbocycles. The van der Waals surface area contributed by atoms with Crippen molar-refractivity contribution >= 4 is 22.5 Å². The normalized spacial score (nSPS) is 10.9. The second-order valence-corrected chi connectivity index (χ2v) is 7.76. The zero-order valence-electron chi connectivity index (χ0n) is 17.9. The van der Waals surface area contributed by atoms with Crippen molar-refractivity contribution in [1.82, 2.24) is 4.98 Å². The summed E-state index contributed by atoms with van der Waals surface area (Å²) in [6, 6.07) is 22.3. The number of carbonyl (C=O) groups excluding carboxylic acids is 1. The lowest BCUT2D eigenvalue weighted by atomic mass is 9.96. The number of amides is 1. The van der Waals surface area contributed by atoms with Crippen molar-refractivity contribution < 1.29 is 4.79 Å². The lowest BCUT2D eigenvalue weighted by Gasteiger charge is -2.17. The molecule has 3 aromatic carbocycles. The Bertz CT molecular complexity index is 1240. The highest BCUT2D eigenvalue weighted by atomic mass is 16.1. The van der Waals surface area contributed by atoms with Gasteiger partial charge in [-0.2, -0.15) is 0 Å². The Morgan fingerprint density at radius 2 is 1.63 bits per heavy atom. The molecule has 0 atom stereocenters. The average molecular weight is 395 g/mol. The van der Waals surface area contributed by atoms with Gasteiger partial charge >= 0.3 is 0 Å². The maximum Gasteiger partial charge on any atom is 0.256 e. The van der Waals surface area contributed by atoms with Crippen LogP contribution < -0.4 is 5.32 Å². The van der Waals surface area contributed by atoms with Crippen LogP contribution in [0.4, 0.5) is 5.69 Å². The molecule has 0 bridgehead atoms. The maximum absolute atomic E-state index is 13.6. The van der Waals surface area contributed by atoms with Gasteiger partial charge < -0.3 is 5.32 Å². The molecule has 0 spiro atoms. The summed E-state index contributed by atoms with van der Waals surface area (Å²) in [5.74, 6) is -0.0940. The van der Waals surface area contributed by atoms with Crippen LogP contribution in [-0.2, 0) is 6.42 Å². The number of hydrogen-bond acceptors (Lipinski definition) is 2. The first kappa shape index (κ1) is 19.8. The number of pyridine rings is 1. The lowest BCUT2D eigenvalue weighted by molar-refractivity contribution is 0.102. The maximum atomic E-state index is 13.6. The predicted molar refractivity (Wildman–Crippen MR) is 125 cm³/mol. The molecule has 3 nitrogen and oxygen atoms in total. The van der Waals surface area contributed by atoms with Crippen LogP contribution in [0.5, 0.6) is 0 Å². The molecule has 0 aliphatic heterocycles. The number of nitrogens with one attached hydrogen (secondary N) is 1. The van der Waals surface area contributed by atoms with Crippen molar-refractivity contribution in [3.63, 3.8) is 0 Å². The number of fused-ring (bicyclic) bond motifs is 1. The Morgan fingerprint density at radius 3 is 2.37 bits per heavy atom. The van der Waals surface area contributed by atoms with Crippen LogP contribution >= 0.6 is 0 Å². The summed E-state index contributed by atoms with van der Waals surface area (Å²) in [5, 5.41) is 4.07. The zero-order valence-corrected chi connectivity index (χ0v) is 17.9. The van der Waals surface area contributed by atoms with Gasteiger partial charge in [0.2, 0.25) is 0 Å². The Morgan fingerprint density at radius 1 is 0.900 bits per heavy atom. The van der Waals surface area contributed by atoms with Crippen molar-refractivity contribution in [2.45, 2.75) is 34.1 Å². The molecule has 0 aliphatic rings. The summed E-state index contributed by atoms with van der Waals surface area (Å²) in [4.78, 5) is 18.5. The first-order valence-electron chi connectivity index (χ1n) is 10.4. The van der Waals surface area contributed by atoms with E-state index in [1.54, 1.807) is 0 Å². The molecular formula is C27H26N2O. The lowest BCUT2D eigenvalue weighted by Crippen LogP contribution is -2.17. The molecular weight excluding hydrogens is 368 g/mol. The SMILES string of the molecule is CCc1cccc(C)c1NC(=O)c1c(C)c(-c2ccc(C)cc2)nc2ccccc12. The second kappa shape index (κ2) is 8.11. The number of hydrogen-bond donors (Lipinski definition) is 1. The van der Waals surface area contributed by atoms with Crippen molar-refractivity contribution in [3.8, 4) is 11.3 Å². The zero-order chi connectivity index (χ0) is 21.3. The fourth-order valence-corrected chi connectivity index (χ4v) is 3.97. The number of carbonyl (C=O) groups is 1. The number of aromatic nitrogens is 1. The molecule has 0 unspecified atom stereocenters. The molecule has 1 N–H and O–H groups in total. The predicted octanol–water partition coefficient (Wildman–Crippen LogP) is 6.64. The first-order chi connectivity index (χ1) is 14.5. The third kappa shape index (κ3) is 3.59. The van der Waals surface area contributed by atoms with Crippen LogP contribution in [0.3, 0.4) is 0 Å². The number of anilines is 1. The minimum atomic E-state index is -0.0940. The van der Waals surface area contributed by atoms with E-state index in [2.05, 4.69) is 49.5 Å².